The molecular formula is C17H28IN3O3S. The summed E-state index contributed by atoms with van der Waals surface area (Å²) in [6.07, 6.45) is 3.18. The van der Waals surface area contributed by atoms with Crippen molar-refractivity contribution >= 4 is 39.8 Å². The number of aliphatic hydroxyl groups is 1. The van der Waals surface area contributed by atoms with E-state index >= 15 is 0 Å². The molecule has 1 saturated carbocycles. The van der Waals surface area contributed by atoms with Crippen LogP contribution >= 0.6 is 24.0 Å². The predicted octanol–water partition coefficient (Wildman–Crippen LogP) is 1.94. The fraction of sp³-hybridized carbons (Fsp3) is 0.588. The molecule has 3 N–H and O–H groups in total. The largest absolute Gasteiger partial charge is 0.393 e. The van der Waals surface area contributed by atoms with Crippen LogP contribution in [0.15, 0.2) is 40.2 Å². The van der Waals surface area contributed by atoms with Gasteiger partial charge in [-0.2, -0.15) is 0 Å². The number of guanidine groups is 1. The van der Waals surface area contributed by atoms with Crippen molar-refractivity contribution in [3.63, 3.8) is 0 Å². The second-order valence-corrected chi connectivity index (χ2v) is 8.15. The second-order valence-electron chi connectivity index (χ2n) is 6.04. The number of aliphatic hydroxyl groups excluding tert-OH is 1. The number of benzene rings is 1. The molecule has 1 fully saturated rings. The van der Waals surface area contributed by atoms with Crippen LogP contribution in [0, 0.1) is 0 Å². The molecule has 8 heteroatoms. The molecular weight excluding hydrogens is 453 g/mol. The molecule has 0 heterocycles. The van der Waals surface area contributed by atoms with E-state index in [1.165, 1.54) is 0 Å². The summed E-state index contributed by atoms with van der Waals surface area (Å²) in [6.45, 7) is 2.90. The van der Waals surface area contributed by atoms with Crippen LogP contribution in [0.5, 0.6) is 0 Å². The van der Waals surface area contributed by atoms with E-state index < -0.39 is 9.84 Å². The SMILES string of the molecule is CCNC(=NCCS(=O)(=O)c1ccccc1)NC1CCC(O)CC1.I. The lowest BCUT2D eigenvalue weighted by atomic mass is 9.93. The summed E-state index contributed by atoms with van der Waals surface area (Å²) in [5, 5.41) is 16.0. The molecule has 6 nitrogen and oxygen atoms in total. The lowest BCUT2D eigenvalue weighted by Gasteiger charge is -2.27. The van der Waals surface area contributed by atoms with E-state index in [1.807, 2.05) is 6.92 Å². The van der Waals surface area contributed by atoms with Gasteiger partial charge in [0, 0.05) is 12.6 Å². The monoisotopic (exact) mass is 481 g/mol. The minimum atomic E-state index is -3.31. The van der Waals surface area contributed by atoms with E-state index in [0.29, 0.717) is 17.4 Å². The van der Waals surface area contributed by atoms with Crippen LogP contribution in [0.25, 0.3) is 0 Å². The van der Waals surface area contributed by atoms with Crippen LogP contribution in [0.1, 0.15) is 32.6 Å². The van der Waals surface area contributed by atoms with Crippen molar-refractivity contribution < 1.29 is 13.5 Å². The first-order valence-corrected chi connectivity index (χ1v) is 10.2. The fourth-order valence-electron chi connectivity index (χ4n) is 2.76. The summed E-state index contributed by atoms with van der Waals surface area (Å²) in [5.41, 5.74) is 0. The molecule has 0 saturated heterocycles. The predicted molar refractivity (Wildman–Crippen MR) is 111 cm³/mol. The van der Waals surface area contributed by atoms with Crippen molar-refractivity contribution in [1.82, 2.24) is 10.6 Å². The van der Waals surface area contributed by atoms with Crippen LogP contribution in [0.3, 0.4) is 0 Å². The maximum absolute atomic E-state index is 12.3. The van der Waals surface area contributed by atoms with Crippen LogP contribution in [0.4, 0.5) is 0 Å². The van der Waals surface area contributed by atoms with Crippen LogP contribution in [-0.4, -0.2) is 50.5 Å². The Bertz CT molecular complexity index is 630. The van der Waals surface area contributed by atoms with Crippen molar-refractivity contribution in [2.24, 2.45) is 4.99 Å². The average molecular weight is 481 g/mol. The highest BCUT2D eigenvalue weighted by molar-refractivity contribution is 14.0. The molecule has 2 rings (SSSR count). The molecule has 25 heavy (non-hydrogen) atoms. The lowest BCUT2D eigenvalue weighted by Crippen LogP contribution is -2.45. The van der Waals surface area contributed by atoms with Gasteiger partial charge in [0.2, 0.25) is 0 Å². The minimum Gasteiger partial charge on any atom is -0.393 e. The zero-order chi connectivity index (χ0) is 17.4. The van der Waals surface area contributed by atoms with E-state index in [9.17, 15) is 13.5 Å². The summed E-state index contributed by atoms with van der Waals surface area (Å²) >= 11 is 0. The third-order valence-corrected chi connectivity index (χ3v) is 5.82. The van der Waals surface area contributed by atoms with E-state index in [0.717, 1.165) is 25.7 Å². The molecule has 1 aromatic carbocycles. The molecule has 1 aliphatic carbocycles. The Labute approximate surface area is 167 Å². The molecule has 1 aliphatic rings. The Morgan fingerprint density at radius 1 is 1.20 bits per heavy atom. The Hall–Kier alpha value is -0.870. The molecule has 0 radical (unpaired) electrons. The zero-order valence-corrected chi connectivity index (χ0v) is 17.7. The quantitative estimate of drug-likeness (QED) is 0.328. The maximum Gasteiger partial charge on any atom is 0.191 e. The summed E-state index contributed by atoms with van der Waals surface area (Å²) in [7, 11) is -3.31. The first-order chi connectivity index (χ1) is 11.5. The number of rotatable bonds is 6. The number of aliphatic imine (C=N–C) groups is 1. The standard InChI is InChI=1S/C17H27N3O3S.HI/c1-2-18-17(20-14-8-10-15(21)11-9-14)19-12-13-24(22,23)16-6-4-3-5-7-16;/h3-7,14-15,21H,2,8-13H2,1H3,(H2,18,19,20);1H. The Balaban J connectivity index is 0.00000312. The smallest absolute Gasteiger partial charge is 0.191 e. The Kier molecular flexibility index (Phi) is 9.73. The van der Waals surface area contributed by atoms with Gasteiger partial charge in [-0.25, -0.2) is 8.42 Å². The number of sulfone groups is 1. The molecule has 142 valence electrons. The molecule has 0 amide bonds. The molecule has 0 unspecified atom stereocenters. The summed E-state index contributed by atoms with van der Waals surface area (Å²) in [5.74, 6) is 0.624. The van der Waals surface area contributed by atoms with Gasteiger partial charge in [0.05, 0.1) is 23.3 Å². The van der Waals surface area contributed by atoms with Gasteiger partial charge in [-0.1, -0.05) is 18.2 Å². The van der Waals surface area contributed by atoms with Gasteiger partial charge < -0.3 is 15.7 Å². The van der Waals surface area contributed by atoms with Crippen molar-refractivity contribution in [3.8, 4) is 0 Å². The van der Waals surface area contributed by atoms with E-state index in [1.54, 1.807) is 30.3 Å². The molecule has 0 atom stereocenters. The van der Waals surface area contributed by atoms with Crippen LogP contribution < -0.4 is 10.6 Å². The van der Waals surface area contributed by atoms with Gasteiger partial charge in [0.1, 0.15) is 0 Å². The third kappa shape index (κ3) is 7.49. The first-order valence-electron chi connectivity index (χ1n) is 8.52. The van der Waals surface area contributed by atoms with Crippen molar-refractivity contribution in [1.29, 1.82) is 0 Å². The van der Waals surface area contributed by atoms with Crippen LogP contribution in [0.2, 0.25) is 0 Å². The van der Waals surface area contributed by atoms with Gasteiger partial charge in [-0.15, -0.1) is 24.0 Å². The number of hydrogen-bond donors (Lipinski definition) is 3. The van der Waals surface area contributed by atoms with Crippen molar-refractivity contribution in [2.75, 3.05) is 18.8 Å². The summed E-state index contributed by atoms with van der Waals surface area (Å²) < 4.78 is 24.5. The van der Waals surface area contributed by atoms with Gasteiger partial charge in [-0.3, -0.25) is 4.99 Å². The van der Waals surface area contributed by atoms with Crippen molar-refractivity contribution in [2.45, 2.75) is 49.6 Å². The normalized spacial score (nSPS) is 21.3. The highest BCUT2D eigenvalue weighted by atomic mass is 127. The zero-order valence-electron chi connectivity index (χ0n) is 14.5. The van der Waals surface area contributed by atoms with Gasteiger partial charge in [0.25, 0.3) is 0 Å². The number of hydrogen-bond acceptors (Lipinski definition) is 4. The maximum atomic E-state index is 12.3. The summed E-state index contributed by atoms with van der Waals surface area (Å²) in [6, 6.07) is 8.73. The number of nitrogens with one attached hydrogen (secondary N) is 2. The fourth-order valence-corrected chi connectivity index (χ4v) is 3.90. The first kappa shape index (κ1) is 22.2. The lowest BCUT2D eigenvalue weighted by molar-refractivity contribution is 0.120. The number of halogens is 1. The number of nitrogens with zero attached hydrogens (tertiary/aromatic N) is 1. The molecule has 0 aliphatic heterocycles. The topological polar surface area (TPSA) is 90.8 Å². The molecule has 0 bridgehead atoms. The Morgan fingerprint density at radius 2 is 1.84 bits per heavy atom. The van der Waals surface area contributed by atoms with Gasteiger partial charge in [-0.05, 0) is 44.7 Å². The van der Waals surface area contributed by atoms with E-state index in [-0.39, 0.29) is 48.4 Å². The third-order valence-electron chi connectivity index (χ3n) is 4.11. The average Bonchev–Trinajstić information content (AvgIpc) is 2.58. The van der Waals surface area contributed by atoms with E-state index in [4.69, 9.17) is 0 Å². The minimum absolute atomic E-state index is 0. The highest BCUT2D eigenvalue weighted by Crippen LogP contribution is 2.18. The molecule has 0 aromatic heterocycles. The van der Waals surface area contributed by atoms with Crippen molar-refractivity contribution in [3.05, 3.63) is 30.3 Å². The van der Waals surface area contributed by atoms with Crippen LogP contribution in [-0.2, 0) is 9.84 Å². The second kappa shape index (κ2) is 11.0. The highest BCUT2D eigenvalue weighted by Gasteiger charge is 2.20. The molecule has 1 aromatic rings. The summed E-state index contributed by atoms with van der Waals surface area (Å²) in [4.78, 5) is 4.72. The van der Waals surface area contributed by atoms with Gasteiger partial charge in [0.15, 0.2) is 15.8 Å². The molecule has 0 spiro atoms. The van der Waals surface area contributed by atoms with Gasteiger partial charge >= 0.3 is 0 Å². The Morgan fingerprint density at radius 3 is 2.44 bits per heavy atom. The van der Waals surface area contributed by atoms with E-state index in [2.05, 4.69) is 15.6 Å².